The first-order chi connectivity index (χ1) is 11.5. The summed E-state index contributed by atoms with van der Waals surface area (Å²) in [6.45, 7) is 6.92. The number of unbranched alkanes of at least 4 members (excludes halogenated alkanes) is 1. The van der Waals surface area contributed by atoms with Crippen LogP contribution in [0.2, 0.25) is 0 Å². The fourth-order valence-corrected chi connectivity index (χ4v) is 5.16. The largest absolute Gasteiger partial charge is 0.356 e. The van der Waals surface area contributed by atoms with Crippen LogP contribution in [0.3, 0.4) is 0 Å². The van der Waals surface area contributed by atoms with E-state index in [9.17, 15) is 8.42 Å². The number of hydrogen-bond donors (Lipinski definition) is 0. The molecule has 0 amide bonds. The summed E-state index contributed by atoms with van der Waals surface area (Å²) >= 11 is 0. The van der Waals surface area contributed by atoms with E-state index < -0.39 is 10.0 Å². The van der Waals surface area contributed by atoms with Crippen molar-refractivity contribution in [2.24, 2.45) is 0 Å². The Morgan fingerprint density at radius 2 is 1.83 bits per heavy atom. The van der Waals surface area contributed by atoms with Gasteiger partial charge in [-0.1, -0.05) is 13.3 Å². The van der Waals surface area contributed by atoms with Crippen LogP contribution in [0, 0.1) is 6.92 Å². The summed E-state index contributed by atoms with van der Waals surface area (Å²) in [6, 6.07) is 0. The molecule has 0 bridgehead atoms. The maximum atomic E-state index is 12.6. The van der Waals surface area contributed by atoms with Gasteiger partial charge in [0, 0.05) is 38.2 Å². The molecule has 0 saturated carbocycles. The highest BCUT2D eigenvalue weighted by Crippen LogP contribution is 2.30. The first-order valence-electron chi connectivity index (χ1n) is 9.10. The minimum atomic E-state index is -3.19. The van der Waals surface area contributed by atoms with E-state index in [1.165, 1.54) is 19.3 Å². The number of aryl methyl sites for hydroxylation is 1. The SMILES string of the molecule is CCCCS(=O)(=O)N1CCc2nc(C)nc(N3CCCCC3)c2C1. The van der Waals surface area contributed by atoms with Crippen LogP contribution in [0.15, 0.2) is 0 Å². The summed E-state index contributed by atoms with van der Waals surface area (Å²) in [6.07, 6.45) is 5.91. The second-order valence-electron chi connectivity index (χ2n) is 6.82. The highest BCUT2D eigenvalue weighted by molar-refractivity contribution is 7.89. The molecule has 134 valence electrons. The van der Waals surface area contributed by atoms with Gasteiger partial charge in [-0.25, -0.2) is 18.4 Å². The molecule has 1 aromatic rings. The van der Waals surface area contributed by atoms with Gasteiger partial charge in [-0.3, -0.25) is 0 Å². The molecule has 0 unspecified atom stereocenters. The molecule has 2 aliphatic rings. The Balaban J connectivity index is 1.89. The van der Waals surface area contributed by atoms with E-state index in [0.717, 1.165) is 48.8 Å². The van der Waals surface area contributed by atoms with Crippen molar-refractivity contribution in [1.29, 1.82) is 0 Å². The summed E-state index contributed by atoms with van der Waals surface area (Å²) < 4.78 is 26.8. The minimum absolute atomic E-state index is 0.241. The van der Waals surface area contributed by atoms with Gasteiger partial charge < -0.3 is 4.90 Å². The molecule has 0 radical (unpaired) electrons. The maximum absolute atomic E-state index is 12.6. The monoisotopic (exact) mass is 352 g/mol. The average Bonchev–Trinajstić information content (AvgIpc) is 2.59. The lowest BCUT2D eigenvalue weighted by Gasteiger charge is -2.34. The second kappa shape index (κ2) is 7.35. The molecular formula is C17H28N4O2S. The van der Waals surface area contributed by atoms with Gasteiger partial charge in [-0.2, -0.15) is 4.31 Å². The normalized spacial score (nSPS) is 19.3. The fourth-order valence-electron chi connectivity index (χ4n) is 3.55. The zero-order chi connectivity index (χ0) is 17.2. The van der Waals surface area contributed by atoms with Crippen LogP contribution < -0.4 is 4.90 Å². The van der Waals surface area contributed by atoms with Crippen molar-refractivity contribution in [3.63, 3.8) is 0 Å². The molecule has 0 atom stereocenters. The Hall–Kier alpha value is -1.21. The Kier molecular flexibility index (Phi) is 5.39. The molecule has 0 spiro atoms. The molecule has 2 aliphatic heterocycles. The van der Waals surface area contributed by atoms with Gasteiger partial charge in [-0.05, 0) is 32.6 Å². The first-order valence-corrected chi connectivity index (χ1v) is 10.7. The smallest absolute Gasteiger partial charge is 0.214 e. The van der Waals surface area contributed by atoms with Crippen molar-refractivity contribution < 1.29 is 8.42 Å². The lowest BCUT2D eigenvalue weighted by molar-refractivity contribution is 0.385. The molecule has 1 fully saturated rings. The molecule has 0 aromatic carbocycles. The number of anilines is 1. The molecule has 24 heavy (non-hydrogen) atoms. The van der Waals surface area contributed by atoms with Gasteiger partial charge in [0.15, 0.2) is 0 Å². The molecular weight excluding hydrogens is 324 g/mol. The van der Waals surface area contributed by atoms with Crippen molar-refractivity contribution in [1.82, 2.24) is 14.3 Å². The predicted octanol–water partition coefficient (Wildman–Crippen LogP) is 2.26. The molecule has 3 heterocycles. The quantitative estimate of drug-likeness (QED) is 0.813. The Bertz CT molecular complexity index is 684. The van der Waals surface area contributed by atoms with Gasteiger partial charge in [0.1, 0.15) is 11.6 Å². The van der Waals surface area contributed by atoms with Crippen molar-refractivity contribution in [3.8, 4) is 0 Å². The molecule has 1 saturated heterocycles. The lowest BCUT2D eigenvalue weighted by atomic mass is 10.1. The van der Waals surface area contributed by atoms with E-state index in [-0.39, 0.29) is 5.75 Å². The summed E-state index contributed by atoms with van der Waals surface area (Å²) in [5, 5.41) is 0. The van der Waals surface area contributed by atoms with E-state index in [4.69, 9.17) is 0 Å². The van der Waals surface area contributed by atoms with Gasteiger partial charge >= 0.3 is 0 Å². The van der Waals surface area contributed by atoms with Crippen LogP contribution >= 0.6 is 0 Å². The third-order valence-corrected chi connectivity index (χ3v) is 6.82. The fraction of sp³-hybridized carbons (Fsp3) is 0.765. The lowest BCUT2D eigenvalue weighted by Crippen LogP contribution is -2.40. The van der Waals surface area contributed by atoms with E-state index in [1.807, 2.05) is 13.8 Å². The summed E-state index contributed by atoms with van der Waals surface area (Å²) in [4.78, 5) is 11.6. The minimum Gasteiger partial charge on any atom is -0.356 e. The molecule has 3 rings (SSSR count). The molecule has 1 aromatic heterocycles. The number of rotatable bonds is 5. The standard InChI is InChI=1S/C17H28N4O2S/c1-3-4-12-24(22,23)21-11-8-16-15(13-21)17(19-14(2)18-16)20-9-6-5-7-10-20/h3-13H2,1-2H3. The number of nitrogens with zero attached hydrogens (tertiary/aromatic N) is 4. The Morgan fingerprint density at radius 3 is 2.54 bits per heavy atom. The highest BCUT2D eigenvalue weighted by Gasteiger charge is 2.30. The van der Waals surface area contributed by atoms with Crippen molar-refractivity contribution in [3.05, 3.63) is 17.1 Å². The summed E-state index contributed by atoms with van der Waals surface area (Å²) in [5.74, 6) is 1.99. The van der Waals surface area contributed by atoms with Crippen LogP contribution in [-0.4, -0.2) is 48.1 Å². The van der Waals surface area contributed by atoms with Gasteiger partial charge in [0.2, 0.25) is 10.0 Å². The average molecular weight is 353 g/mol. The number of hydrogen-bond acceptors (Lipinski definition) is 5. The number of aromatic nitrogens is 2. The van der Waals surface area contributed by atoms with Gasteiger partial charge in [0.25, 0.3) is 0 Å². The number of fused-ring (bicyclic) bond motifs is 1. The summed E-state index contributed by atoms with van der Waals surface area (Å²) in [7, 11) is -3.19. The predicted molar refractivity (Wildman–Crippen MR) is 95.6 cm³/mol. The molecule has 7 heteroatoms. The van der Waals surface area contributed by atoms with E-state index >= 15 is 0 Å². The van der Waals surface area contributed by atoms with Crippen LogP contribution in [0.25, 0.3) is 0 Å². The van der Waals surface area contributed by atoms with Gasteiger partial charge in [-0.15, -0.1) is 0 Å². The topological polar surface area (TPSA) is 66.4 Å². The molecule has 0 aliphatic carbocycles. The van der Waals surface area contributed by atoms with Crippen molar-refractivity contribution in [2.75, 3.05) is 30.3 Å². The second-order valence-corrected chi connectivity index (χ2v) is 8.91. The molecule has 6 nitrogen and oxygen atoms in total. The van der Waals surface area contributed by atoms with Crippen molar-refractivity contribution in [2.45, 2.75) is 58.9 Å². The Morgan fingerprint density at radius 1 is 1.08 bits per heavy atom. The number of sulfonamides is 1. The maximum Gasteiger partial charge on any atom is 0.214 e. The third-order valence-electron chi connectivity index (χ3n) is 4.92. The van der Waals surface area contributed by atoms with Crippen LogP contribution in [0.4, 0.5) is 5.82 Å². The first kappa shape index (κ1) is 17.6. The zero-order valence-electron chi connectivity index (χ0n) is 14.8. The van der Waals surface area contributed by atoms with E-state index in [2.05, 4.69) is 14.9 Å². The van der Waals surface area contributed by atoms with Crippen LogP contribution in [-0.2, 0) is 23.0 Å². The number of piperidine rings is 1. The highest BCUT2D eigenvalue weighted by atomic mass is 32.2. The van der Waals surface area contributed by atoms with Crippen LogP contribution in [0.5, 0.6) is 0 Å². The Labute approximate surface area is 145 Å². The van der Waals surface area contributed by atoms with E-state index in [1.54, 1.807) is 4.31 Å². The summed E-state index contributed by atoms with van der Waals surface area (Å²) in [5.41, 5.74) is 2.05. The third kappa shape index (κ3) is 3.72. The van der Waals surface area contributed by atoms with Crippen LogP contribution in [0.1, 0.15) is 56.1 Å². The van der Waals surface area contributed by atoms with Crippen molar-refractivity contribution >= 4 is 15.8 Å². The molecule has 0 N–H and O–H groups in total. The zero-order valence-corrected chi connectivity index (χ0v) is 15.6. The van der Waals surface area contributed by atoms with E-state index in [0.29, 0.717) is 19.5 Å². The van der Waals surface area contributed by atoms with Gasteiger partial charge in [0.05, 0.1) is 11.4 Å².